The number of hydrogen-bond acceptors (Lipinski definition) is 3. The fourth-order valence-corrected chi connectivity index (χ4v) is 1.67. The van der Waals surface area contributed by atoms with Crippen LogP contribution in [0.4, 0.5) is 5.69 Å². The van der Waals surface area contributed by atoms with Gasteiger partial charge in [-0.1, -0.05) is 0 Å². The number of ether oxygens (including phenoxy) is 1. The van der Waals surface area contributed by atoms with Crippen LogP contribution in [-0.2, 0) is 11.2 Å². The van der Waals surface area contributed by atoms with E-state index < -0.39 is 5.97 Å². The molecule has 0 radical (unpaired) electrons. The van der Waals surface area contributed by atoms with Crippen LogP contribution in [0.25, 0.3) is 0 Å². The van der Waals surface area contributed by atoms with Crippen LogP contribution in [0.2, 0.25) is 0 Å². The number of rotatable bonds is 6. The maximum Gasteiger partial charge on any atom is 0.303 e. The average Bonchev–Trinajstić information content (AvgIpc) is 2.28. The van der Waals surface area contributed by atoms with Gasteiger partial charge in [0.05, 0.1) is 7.11 Å². The lowest BCUT2D eigenvalue weighted by molar-refractivity contribution is -0.137. The van der Waals surface area contributed by atoms with Crippen LogP contribution in [0.15, 0.2) is 18.2 Å². The number of aryl methyl sites for hydroxylation is 1. The van der Waals surface area contributed by atoms with Crippen molar-refractivity contribution in [3.8, 4) is 5.75 Å². The highest BCUT2D eigenvalue weighted by Crippen LogP contribution is 2.25. The van der Waals surface area contributed by atoms with Crippen LogP contribution in [0.1, 0.15) is 18.4 Å². The zero-order valence-electron chi connectivity index (χ0n) is 10.6. The Morgan fingerprint density at radius 2 is 2.12 bits per heavy atom. The zero-order valence-corrected chi connectivity index (χ0v) is 10.6. The second kappa shape index (κ2) is 6.13. The van der Waals surface area contributed by atoms with Crippen LogP contribution in [0.5, 0.6) is 5.75 Å². The molecule has 94 valence electrons. The molecular weight excluding hydrogens is 218 g/mol. The Labute approximate surface area is 102 Å². The molecule has 0 saturated carbocycles. The van der Waals surface area contributed by atoms with Gasteiger partial charge in [0.25, 0.3) is 0 Å². The fraction of sp³-hybridized carbons (Fsp3) is 0.462. The number of methoxy groups -OCH3 is 1. The van der Waals surface area contributed by atoms with Crippen LogP contribution in [0.3, 0.4) is 0 Å². The first kappa shape index (κ1) is 13.4. The lowest BCUT2D eigenvalue weighted by Crippen LogP contribution is -2.09. The molecule has 0 saturated heterocycles. The van der Waals surface area contributed by atoms with Crippen molar-refractivity contribution in [3.05, 3.63) is 23.8 Å². The molecule has 1 aromatic rings. The first-order valence-corrected chi connectivity index (χ1v) is 5.60. The van der Waals surface area contributed by atoms with Gasteiger partial charge in [-0.15, -0.1) is 0 Å². The van der Waals surface area contributed by atoms with Crippen LogP contribution >= 0.6 is 0 Å². The Balaban J connectivity index is 2.79. The third-order valence-electron chi connectivity index (χ3n) is 2.62. The molecule has 1 N–H and O–H groups in total. The van der Waals surface area contributed by atoms with E-state index in [2.05, 4.69) is 0 Å². The molecule has 1 aromatic carbocycles. The number of hydrogen-bond donors (Lipinski definition) is 1. The van der Waals surface area contributed by atoms with Crippen molar-refractivity contribution in [2.24, 2.45) is 0 Å². The number of carboxylic acid groups (broad SMARTS) is 1. The molecule has 0 fully saturated rings. The van der Waals surface area contributed by atoms with E-state index in [9.17, 15) is 4.79 Å². The van der Waals surface area contributed by atoms with Crippen molar-refractivity contribution in [1.29, 1.82) is 0 Å². The Kier molecular flexibility index (Phi) is 4.82. The molecule has 0 atom stereocenters. The van der Waals surface area contributed by atoms with E-state index in [0.29, 0.717) is 6.42 Å². The monoisotopic (exact) mass is 237 g/mol. The summed E-state index contributed by atoms with van der Waals surface area (Å²) in [6, 6.07) is 5.95. The third-order valence-corrected chi connectivity index (χ3v) is 2.62. The minimum atomic E-state index is -0.757. The van der Waals surface area contributed by atoms with Gasteiger partial charge in [0.15, 0.2) is 0 Å². The minimum absolute atomic E-state index is 0.190. The van der Waals surface area contributed by atoms with Crippen LogP contribution < -0.4 is 9.64 Å². The van der Waals surface area contributed by atoms with Gasteiger partial charge >= 0.3 is 5.97 Å². The molecule has 4 nitrogen and oxygen atoms in total. The van der Waals surface area contributed by atoms with E-state index >= 15 is 0 Å². The highest BCUT2D eigenvalue weighted by Gasteiger charge is 2.06. The summed E-state index contributed by atoms with van der Waals surface area (Å²) in [7, 11) is 5.58. The number of nitrogens with zero attached hydrogens (tertiary/aromatic N) is 1. The van der Waals surface area contributed by atoms with Gasteiger partial charge in [0.1, 0.15) is 5.75 Å². The summed E-state index contributed by atoms with van der Waals surface area (Å²) in [4.78, 5) is 12.5. The van der Waals surface area contributed by atoms with E-state index in [-0.39, 0.29) is 6.42 Å². The van der Waals surface area contributed by atoms with E-state index in [1.54, 1.807) is 7.11 Å². The molecule has 1 rings (SSSR count). The standard InChI is InChI=1S/C13H19NO3/c1-14(2)11-7-8-12(17-3)10(9-11)5-4-6-13(15)16/h7-9H,4-6H2,1-3H3,(H,15,16). The quantitative estimate of drug-likeness (QED) is 0.823. The summed E-state index contributed by atoms with van der Waals surface area (Å²) < 4.78 is 5.27. The molecule has 0 aliphatic rings. The SMILES string of the molecule is COc1ccc(N(C)C)cc1CCCC(=O)O. The second-order valence-corrected chi connectivity index (χ2v) is 4.14. The third kappa shape index (κ3) is 3.98. The molecule has 0 heterocycles. The molecule has 0 unspecified atom stereocenters. The van der Waals surface area contributed by atoms with Gasteiger partial charge in [0, 0.05) is 26.2 Å². The number of carboxylic acids is 1. The van der Waals surface area contributed by atoms with Gasteiger partial charge in [-0.05, 0) is 36.6 Å². The number of benzene rings is 1. The lowest BCUT2D eigenvalue weighted by Gasteiger charge is -2.16. The molecule has 4 heteroatoms. The van der Waals surface area contributed by atoms with E-state index in [1.807, 2.05) is 37.2 Å². The van der Waals surface area contributed by atoms with Gasteiger partial charge in [-0.2, -0.15) is 0 Å². The fourth-order valence-electron chi connectivity index (χ4n) is 1.67. The van der Waals surface area contributed by atoms with Gasteiger partial charge in [-0.3, -0.25) is 4.79 Å². The summed E-state index contributed by atoms with van der Waals surface area (Å²) in [6.45, 7) is 0. The van der Waals surface area contributed by atoms with Crippen molar-refractivity contribution >= 4 is 11.7 Å². The Hall–Kier alpha value is -1.71. The maximum atomic E-state index is 10.5. The molecule has 0 amide bonds. The second-order valence-electron chi connectivity index (χ2n) is 4.14. The van der Waals surface area contributed by atoms with Crippen LogP contribution in [-0.4, -0.2) is 32.3 Å². The van der Waals surface area contributed by atoms with E-state index in [4.69, 9.17) is 9.84 Å². The van der Waals surface area contributed by atoms with Crippen molar-refractivity contribution in [1.82, 2.24) is 0 Å². The highest BCUT2D eigenvalue weighted by molar-refractivity contribution is 5.66. The average molecular weight is 237 g/mol. The summed E-state index contributed by atoms with van der Waals surface area (Å²) >= 11 is 0. The predicted octanol–water partition coefficient (Wildman–Crippen LogP) is 2.17. The normalized spacial score (nSPS) is 10.1. The summed E-state index contributed by atoms with van der Waals surface area (Å²) in [5, 5.41) is 8.62. The summed E-state index contributed by atoms with van der Waals surface area (Å²) in [5.74, 6) is 0.0636. The van der Waals surface area contributed by atoms with Crippen molar-refractivity contribution in [3.63, 3.8) is 0 Å². The zero-order chi connectivity index (χ0) is 12.8. The Bertz CT molecular complexity index is 388. The largest absolute Gasteiger partial charge is 0.496 e. The summed E-state index contributed by atoms with van der Waals surface area (Å²) in [5.41, 5.74) is 2.15. The maximum absolute atomic E-state index is 10.5. The molecular formula is C13H19NO3. The molecule has 0 aliphatic heterocycles. The molecule has 0 aliphatic carbocycles. The molecule has 17 heavy (non-hydrogen) atoms. The van der Waals surface area contributed by atoms with Gasteiger partial charge < -0.3 is 14.7 Å². The summed E-state index contributed by atoms with van der Waals surface area (Å²) in [6.07, 6.45) is 1.54. The van der Waals surface area contributed by atoms with Crippen molar-refractivity contribution < 1.29 is 14.6 Å². The lowest BCUT2D eigenvalue weighted by atomic mass is 10.1. The number of aliphatic carboxylic acids is 1. The Morgan fingerprint density at radius 3 is 2.65 bits per heavy atom. The topological polar surface area (TPSA) is 49.8 Å². The minimum Gasteiger partial charge on any atom is -0.496 e. The van der Waals surface area contributed by atoms with E-state index in [0.717, 1.165) is 23.4 Å². The van der Waals surface area contributed by atoms with E-state index in [1.165, 1.54) is 0 Å². The molecule has 0 aromatic heterocycles. The molecule has 0 bridgehead atoms. The Morgan fingerprint density at radius 1 is 1.41 bits per heavy atom. The first-order chi connectivity index (χ1) is 8.04. The van der Waals surface area contributed by atoms with Crippen LogP contribution in [0, 0.1) is 0 Å². The van der Waals surface area contributed by atoms with Gasteiger partial charge in [-0.25, -0.2) is 0 Å². The van der Waals surface area contributed by atoms with Crippen molar-refractivity contribution in [2.75, 3.05) is 26.1 Å². The smallest absolute Gasteiger partial charge is 0.303 e. The molecule has 0 spiro atoms. The van der Waals surface area contributed by atoms with Crippen molar-refractivity contribution in [2.45, 2.75) is 19.3 Å². The van der Waals surface area contributed by atoms with Gasteiger partial charge in [0.2, 0.25) is 0 Å². The highest BCUT2D eigenvalue weighted by atomic mass is 16.5. The number of anilines is 1. The predicted molar refractivity (Wildman–Crippen MR) is 67.9 cm³/mol. The number of carbonyl (C=O) groups is 1. The first-order valence-electron chi connectivity index (χ1n) is 5.60.